The molecule has 0 spiro atoms. The lowest BCUT2D eigenvalue weighted by Gasteiger charge is -2.27. The molecule has 1 rings (SSSR count). The molecule has 1 unspecified atom stereocenters. The number of nitrogens with zero attached hydrogens (tertiary/aromatic N) is 1. The van der Waals surface area contributed by atoms with Gasteiger partial charge < -0.3 is 14.4 Å². The first-order chi connectivity index (χ1) is 9.76. The number of carbonyl (C=O) groups excluding carboxylic acids is 1. The minimum Gasteiger partial charge on any atom is -0.358 e. The van der Waals surface area contributed by atoms with Crippen LogP contribution in [0.25, 0.3) is 0 Å². The fraction of sp³-hybridized carbons (Fsp3) is 0.462. The molecule has 21 heavy (non-hydrogen) atoms. The Bertz CT molecular complexity index is 574. The Labute approximate surface area is 124 Å². The summed E-state index contributed by atoms with van der Waals surface area (Å²) in [5.74, 6) is -0.162. The van der Waals surface area contributed by atoms with Crippen molar-refractivity contribution in [1.82, 2.24) is 4.90 Å². The van der Waals surface area contributed by atoms with Crippen molar-refractivity contribution < 1.29 is 21.3 Å². The third kappa shape index (κ3) is 5.58. The van der Waals surface area contributed by atoms with Gasteiger partial charge >= 0.3 is 16.5 Å². The van der Waals surface area contributed by atoms with E-state index in [1.54, 1.807) is 4.90 Å². The minimum atomic E-state index is -5.04. The standard InChI is InChI=1S/C13H19FN2O4S/c1-4-10(3)16(5-2)13(17)15-11-6-8-12(9-7-11)20-21(14,18)19/h6-10H,4-5H2,1-3H3,(H,15,17). The van der Waals surface area contributed by atoms with Crippen molar-refractivity contribution in [2.75, 3.05) is 11.9 Å². The molecule has 0 aliphatic carbocycles. The molecular formula is C13H19FN2O4S. The van der Waals surface area contributed by atoms with Gasteiger partial charge in [0.1, 0.15) is 5.75 Å². The van der Waals surface area contributed by atoms with Gasteiger partial charge in [0.05, 0.1) is 0 Å². The molecule has 6 nitrogen and oxygen atoms in total. The van der Waals surface area contributed by atoms with Crippen molar-refractivity contribution in [3.63, 3.8) is 0 Å². The number of anilines is 1. The Hall–Kier alpha value is -1.83. The first-order valence-corrected chi connectivity index (χ1v) is 7.89. The molecule has 0 aliphatic heterocycles. The number of hydrogen-bond acceptors (Lipinski definition) is 4. The summed E-state index contributed by atoms with van der Waals surface area (Å²) >= 11 is 0. The number of urea groups is 1. The summed E-state index contributed by atoms with van der Waals surface area (Å²) in [6.07, 6.45) is 0.836. The fourth-order valence-electron chi connectivity index (χ4n) is 1.78. The predicted molar refractivity (Wildman–Crippen MR) is 78.2 cm³/mol. The lowest BCUT2D eigenvalue weighted by atomic mass is 10.2. The summed E-state index contributed by atoms with van der Waals surface area (Å²) in [6, 6.07) is 5.23. The highest BCUT2D eigenvalue weighted by Gasteiger charge is 2.17. The van der Waals surface area contributed by atoms with Crippen molar-refractivity contribution in [2.24, 2.45) is 0 Å². The van der Waals surface area contributed by atoms with Crippen molar-refractivity contribution in [1.29, 1.82) is 0 Å². The van der Waals surface area contributed by atoms with Crippen molar-refractivity contribution in [3.8, 4) is 5.75 Å². The van der Waals surface area contributed by atoms with E-state index in [2.05, 4.69) is 9.50 Å². The number of carbonyl (C=O) groups is 1. The molecule has 0 fully saturated rings. The second kappa shape index (κ2) is 7.26. The highest BCUT2D eigenvalue weighted by Crippen LogP contribution is 2.18. The molecule has 0 bridgehead atoms. The monoisotopic (exact) mass is 318 g/mol. The van der Waals surface area contributed by atoms with E-state index in [1.165, 1.54) is 24.3 Å². The molecule has 1 aromatic carbocycles. The van der Waals surface area contributed by atoms with E-state index in [9.17, 15) is 17.1 Å². The number of hydrogen-bond donors (Lipinski definition) is 1. The average molecular weight is 318 g/mol. The van der Waals surface area contributed by atoms with E-state index in [1.807, 2.05) is 20.8 Å². The van der Waals surface area contributed by atoms with Crippen LogP contribution in [-0.2, 0) is 10.5 Å². The number of amides is 2. The molecule has 0 aliphatic rings. The molecule has 0 aromatic heterocycles. The van der Waals surface area contributed by atoms with Crippen LogP contribution in [0.1, 0.15) is 27.2 Å². The first-order valence-electron chi connectivity index (χ1n) is 6.58. The van der Waals surface area contributed by atoms with E-state index in [4.69, 9.17) is 0 Å². The summed E-state index contributed by atoms with van der Waals surface area (Å²) in [7, 11) is -5.04. The molecule has 0 heterocycles. The molecule has 118 valence electrons. The van der Waals surface area contributed by atoms with Gasteiger partial charge in [-0.2, -0.15) is 8.42 Å². The van der Waals surface area contributed by atoms with Gasteiger partial charge in [-0.3, -0.25) is 0 Å². The Morgan fingerprint density at radius 3 is 2.33 bits per heavy atom. The SMILES string of the molecule is CCC(C)N(CC)C(=O)Nc1ccc(OS(=O)(=O)F)cc1. The van der Waals surface area contributed by atoms with Gasteiger partial charge in [0, 0.05) is 18.3 Å². The molecule has 1 aromatic rings. The zero-order valence-corrected chi connectivity index (χ0v) is 13.0. The van der Waals surface area contributed by atoms with Crippen LogP contribution >= 0.6 is 0 Å². The van der Waals surface area contributed by atoms with Gasteiger partial charge in [-0.25, -0.2) is 4.79 Å². The average Bonchev–Trinajstić information content (AvgIpc) is 2.40. The topological polar surface area (TPSA) is 75.7 Å². The van der Waals surface area contributed by atoms with Gasteiger partial charge in [-0.15, -0.1) is 0 Å². The van der Waals surface area contributed by atoms with Crippen LogP contribution in [0.5, 0.6) is 5.75 Å². The van der Waals surface area contributed by atoms with Crippen LogP contribution in [0.3, 0.4) is 0 Å². The van der Waals surface area contributed by atoms with Gasteiger partial charge in [0.25, 0.3) is 0 Å². The summed E-state index contributed by atoms with van der Waals surface area (Å²) in [5, 5.41) is 2.69. The molecule has 0 saturated heterocycles. The quantitative estimate of drug-likeness (QED) is 0.818. The molecule has 8 heteroatoms. The maximum absolute atomic E-state index is 12.3. The normalized spacial score (nSPS) is 12.6. The van der Waals surface area contributed by atoms with Crippen molar-refractivity contribution in [3.05, 3.63) is 24.3 Å². The highest BCUT2D eigenvalue weighted by atomic mass is 32.3. The molecule has 0 saturated carbocycles. The van der Waals surface area contributed by atoms with E-state index in [-0.39, 0.29) is 17.8 Å². The van der Waals surface area contributed by atoms with Gasteiger partial charge in [-0.1, -0.05) is 10.8 Å². The van der Waals surface area contributed by atoms with Gasteiger partial charge in [0.2, 0.25) is 0 Å². The molecular weight excluding hydrogens is 299 g/mol. The second-order valence-corrected chi connectivity index (χ2v) is 5.43. The van der Waals surface area contributed by atoms with E-state index < -0.39 is 10.5 Å². The Morgan fingerprint density at radius 2 is 1.90 bits per heavy atom. The van der Waals surface area contributed by atoms with Crippen LogP contribution in [0.15, 0.2) is 24.3 Å². The maximum Gasteiger partial charge on any atom is 0.488 e. The molecule has 1 atom stereocenters. The summed E-state index contributed by atoms with van der Waals surface area (Å²) < 4.78 is 37.1. The zero-order chi connectivity index (χ0) is 16.0. The molecule has 2 amide bonds. The highest BCUT2D eigenvalue weighted by molar-refractivity contribution is 7.81. The van der Waals surface area contributed by atoms with Crippen LogP contribution in [-0.4, -0.2) is 31.9 Å². The zero-order valence-electron chi connectivity index (χ0n) is 12.2. The Balaban J connectivity index is 2.73. The van der Waals surface area contributed by atoms with Crippen molar-refractivity contribution >= 4 is 22.2 Å². The second-order valence-electron chi connectivity index (χ2n) is 4.47. The smallest absolute Gasteiger partial charge is 0.358 e. The number of rotatable bonds is 6. The van der Waals surface area contributed by atoms with Crippen LogP contribution in [0.4, 0.5) is 14.4 Å². The number of benzene rings is 1. The number of nitrogens with one attached hydrogen (secondary N) is 1. The summed E-state index contributed by atoms with van der Waals surface area (Å²) in [5.41, 5.74) is 0.463. The fourth-order valence-corrected chi connectivity index (χ4v) is 2.12. The van der Waals surface area contributed by atoms with E-state index in [0.29, 0.717) is 12.2 Å². The summed E-state index contributed by atoms with van der Waals surface area (Å²) in [4.78, 5) is 13.8. The van der Waals surface area contributed by atoms with Crippen LogP contribution in [0, 0.1) is 0 Å². The third-order valence-electron chi connectivity index (χ3n) is 3.03. The molecule has 1 N–H and O–H groups in total. The maximum atomic E-state index is 12.3. The Kier molecular flexibility index (Phi) is 5.95. The first kappa shape index (κ1) is 17.2. The Morgan fingerprint density at radius 1 is 1.33 bits per heavy atom. The summed E-state index contributed by atoms with van der Waals surface area (Å²) in [6.45, 7) is 6.40. The lowest BCUT2D eigenvalue weighted by molar-refractivity contribution is 0.194. The largest absolute Gasteiger partial charge is 0.488 e. The van der Waals surface area contributed by atoms with E-state index >= 15 is 0 Å². The number of halogens is 1. The van der Waals surface area contributed by atoms with Crippen LogP contribution in [0.2, 0.25) is 0 Å². The van der Waals surface area contributed by atoms with Crippen LogP contribution < -0.4 is 9.50 Å². The van der Waals surface area contributed by atoms with Gasteiger partial charge in [-0.05, 0) is 44.5 Å². The predicted octanol–water partition coefficient (Wildman–Crippen LogP) is 2.93. The minimum absolute atomic E-state index is 0.106. The van der Waals surface area contributed by atoms with Gasteiger partial charge in [0.15, 0.2) is 0 Å². The molecule has 0 radical (unpaired) electrons. The van der Waals surface area contributed by atoms with E-state index in [0.717, 1.165) is 6.42 Å². The lowest BCUT2D eigenvalue weighted by Crippen LogP contribution is -2.40. The van der Waals surface area contributed by atoms with Crippen molar-refractivity contribution in [2.45, 2.75) is 33.2 Å². The third-order valence-corrected chi connectivity index (χ3v) is 3.42.